The molecule has 0 heterocycles. The Labute approximate surface area is 118 Å². The van der Waals surface area contributed by atoms with Gasteiger partial charge in [0.05, 0.1) is 4.90 Å². The Kier molecular flexibility index (Phi) is 3.96. The number of hydrogen-bond acceptors (Lipinski definition) is 4. The first kappa shape index (κ1) is 14.4. The highest BCUT2D eigenvalue weighted by Crippen LogP contribution is 2.24. The molecule has 0 amide bonds. The first-order valence-corrected chi connectivity index (χ1v) is 7.57. The van der Waals surface area contributed by atoms with Crippen LogP contribution in [0, 0.1) is 6.92 Å². The summed E-state index contributed by atoms with van der Waals surface area (Å²) in [7, 11) is -3.74. The van der Waals surface area contributed by atoms with Gasteiger partial charge in [0.15, 0.2) is 0 Å². The number of benzene rings is 2. The van der Waals surface area contributed by atoms with Gasteiger partial charge in [-0.2, -0.15) is 0 Å². The van der Waals surface area contributed by atoms with Crippen LogP contribution in [0.4, 0.5) is 5.69 Å². The van der Waals surface area contributed by atoms with Crippen LogP contribution in [0.15, 0.2) is 47.4 Å². The lowest BCUT2D eigenvalue weighted by molar-refractivity contribution is 0.469. The molecule has 0 radical (unpaired) electrons. The van der Waals surface area contributed by atoms with Gasteiger partial charge >= 0.3 is 0 Å². The van der Waals surface area contributed by atoms with Gasteiger partial charge < -0.3 is 10.4 Å². The molecule has 0 aromatic heterocycles. The largest absolute Gasteiger partial charge is 0.508 e. The number of hydrogen-bond donors (Lipinski definition) is 3. The van der Waals surface area contributed by atoms with Crippen LogP contribution in [0.3, 0.4) is 0 Å². The Morgan fingerprint density at radius 3 is 2.50 bits per heavy atom. The van der Waals surface area contributed by atoms with E-state index in [2.05, 4.69) is 5.32 Å². The molecule has 2 aromatic carbocycles. The summed E-state index contributed by atoms with van der Waals surface area (Å²) < 4.78 is 22.9. The zero-order chi connectivity index (χ0) is 14.8. The van der Waals surface area contributed by atoms with Crippen molar-refractivity contribution in [3.05, 3.63) is 53.6 Å². The van der Waals surface area contributed by atoms with E-state index in [1.165, 1.54) is 6.07 Å². The summed E-state index contributed by atoms with van der Waals surface area (Å²) in [5.41, 5.74) is 1.96. The molecule has 5 nitrogen and oxygen atoms in total. The molecule has 20 heavy (non-hydrogen) atoms. The summed E-state index contributed by atoms with van der Waals surface area (Å²) in [6.07, 6.45) is 0. The molecule has 0 aliphatic carbocycles. The third kappa shape index (κ3) is 3.09. The fourth-order valence-electron chi connectivity index (χ4n) is 1.96. The summed E-state index contributed by atoms with van der Waals surface area (Å²) >= 11 is 0. The lowest BCUT2D eigenvalue weighted by Crippen LogP contribution is -2.14. The van der Waals surface area contributed by atoms with Gasteiger partial charge in [0.1, 0.15) is 5.75 Å². The standard InChI is InChI=1S/C14H16N2O3S/c1-10-12(6-4-8-14(10)20(15,18)19)16-9-11-5-2-3-7-13(11)17/h2-8,16-17H,9H2,1H3,(H2,15,18,19). The Bertz CT molecular complexity index is 727. The maximum atomic E-state index is 11.4. The number of nitrogens with two attached hydrogens (primary N) is 1. The fraction of sp³-hybridized carbons (Fsp3) is 0.143. The van der Waals surface area contributed by atoms with Gasteiger partial charge in [-0.05, 0) is 30.7 Å². The van der Waals surface area contributed by atoms with E-state index in [4.69, 9.17) is 5.14 Å². The number of para-hydroxylation sites is 1. The third-order valence-corrected chi connectivity index (χ3v) is 4.11. The molecule has 0 spiro atoms. The fourth-order valence-corrected chi connectivity index (χ4v) is 2.77. The molecule has 0 fully saturated rings. The van der Waals surface area contributed by atoms with Crippen LogP contribution < -0.4 is 10.5 Å². The van der Waals surface area contributed by atoms with E-state index in [-0.39, 0.29) is 10.6 Å². The first-order chi connectivity index (χ1) is 9.39. The molecule has 4 N–H and O–H groups in total. The van der Waals surface area contributed by atoms with Crippen LogP contribution in [0.25, 0.3) is 0 Å². The van der Waals surface area contributed by atoms with Gasteiger partial charge in [-0.3, -0.25) is 0 Å². The predicted octanol–water partition coefficient (Wildman–Crippen LogP) is 1.96. The molecule has 0 atom stereocenters. The van der Waals surface area contributed by atoms with Gasteiger partial charge in [0, 0.05) is 17.8 Å². The van der Waals surface area contributed by atoms with Crippen molar-refractivity contribution in [2.45, 2.75) is 18.4 Å². The third-order valence-electron chi connectivity index (χ3n) is 3.05. The molecule has 0 saturated carbocycles. The lowest BCUT2D eigenvalue weighted by atomic mass is 10.1. The summed E-state index contributed by atoms with van der Waals surface area (Å²) in [6.45, 7) is 2.08. The Balaban J connectivity index is 2.25. The van der Waals surface area contributed by atoms with Crippen molar-refractivity contribution in [1.82, 2.24) is 0 Å². The zero-order valence-electron chi connectivity index (χ0n) is 11.0. The quantitative estimate of drug-likeness (QED) is 0.803. The average molecular weight is 292 g/mol. The van der Waals surface area contributed by atoms with Crippen LogP contribution in [-0.2, 0) is 16.6 Å². The Morgan fingerprint density at radius 2 is 1.85 bits per heavy atom. The molecule has 6 heteroatoms. The molecule has 106 valence electrons. The highest BCUT2D eigenvalue weighted by molar-refractivity contribution is 7.89. The molecule has 0 saturated heterocycles. The van der Waals surface area contributed by atoms with E-state index in [1.807, 2.05) is 6.07 Å². The number of phenolic OH excluding ortho intramolecular Hbond substituents is 1. The minimum atomic E-state index is -3.74. The summed E-state index contributed by atoms with van der Waals surface area (Å²) in [6, 6.07) is 11.8. The number of phenols is 1. The molecule has 2 aromatic rings. The van der Waals surface area contributed by atoms with Gasteiger partial charge in [-0.1, -0.05) is 24.3 Å². The number of aromatic hydroxyl groups is 1. The number of primary sulfonamides is 1. The van der Waals surface area contributed by atoms with Crippen molar-refractivity contribution in [3.63, 3.8) is 0 Å². The van der Waals surface area contributed by atoms with Gasteiger partial charge in [-0.25, -0.2) is 13.6 Å². The maximum Gasteiger partial charge on any atom is 0.238 e. The first-order valence-electron chi connectivity index (χ1n) is 6.03. The monoisotopic (exact) mass is 292 g/mol. The second kappa shape index (κ2) is 5.52. The summed E-state index contributed by atoms with van der Waals surface area (Å²) in [5.74, 6) is 0.195. The number of rotatable bonds is 4. The van der Waals surface area contributed by atoms with Crippen molar-refractivity contribution in [2.24, 2.45) is 5.14 Å². The minimum absolute atomic E-state index is 0.0970. The SMILES string of the molecule is Cc1c(NCc2ccccc2O)cccc1S(N)(=O)=O. The van der Waals surface area contributed by atoms with Crippen LogP contribution in [0.2, 0.25) is 0 Å². The highest BCUT2D eigenvalue weighted by Gasteiger charge is 2.13. The van der Waals surface area contributed by atoms with Crippen molar-refractivity contribution < 1.29 is 13.5 Å². The summed E-state index contributed by atoms with van der Waals surface area (Å²) in [5, 5.41) is 18.0. The van der Waals surface area contributed by atoms with Crippen LogP contribution in [0.5, 0.6) is 5.75 Å². The number of anilines is 1. The molecule has 0 bridgehead atoms. The minimum Gasteiger partial charge on any atom is -0.508 e. The van der Waals surface area contributed by atoms with E-state index >= 15 is 0 Å². The van der Waals surface area contributed by atoms with Gasteiger partial charge in [0.25, 0.3) is 0 Å². The van der Waals surface area contributed by atoms with E-state index in [1.54, 1.807) is 37.3 Å². The highest BCUT2D eigenvalue weighted by atomic mass is 32.2. The van der Waals surface area contributed by atoms with Crippen molar-refractivity contribution in [2.75, 3.05) is 5.32 Å². The topological polar surface area (TPSA) is 92.4 Å². The normalized spacial score (nSPS) is 11.3. The molecular formula is C14H16N2O3S. The predicted molar refractivity (Wildman–Crippen MR) is 78.0 cm³/mol. The summed E-state index contributed by atoms with van der Waals surface area (Å²) in [4.78, 5) is 0.0970. The Hall–Kier alpha value is -2.05. The molecule has 0 aliphatic heterocycles. The number of nitrogens with one attached hydrogen (secondary N) is 1. The second-order valence-corrected chi connectivity index (χ2v) is 5.99. The van der Waals surface area contributed by atoms with Gasteiger partial charge in [-0.15, -0.1) is 0 Å². The van der Waals surface area contributed by atoms with E-state index in [9.17, 15) is 13.5 Å². The number of sulfonamides is 1. The van der Waals surface area contributed by atoms with Crippen molar-refractivity contribution in [1.29, 1.82) is 0 Å². The molecule has 2 rings (SSSR count). The average Bonchev–Trinajstić information content (AvgIpc) is 2.38. The lowest BCUT2D eigenvalue weighted by Gasteiger charge is -2.13. The van der Waals surface area contributed by atoms with E-state index in [0.29, 0.717) is 17.8 Å². The zero-order valence-corrected chi connectivity index (χ0v) is 11.8. The van der Waals surface area contributed by atoms with E-state index < -0.39 is 10.0 Å². The van der Waals surface area contributed by atoms with Crippen molar-refractivity contribution >= 4 is 15.7 Å². The van der Waals surface area contributed by atoms with E-state index in [0.717, 1.165) is 5.56 Å². The molecule has 0 aliphatic rings. The molecular weight excluding hydrogens is 276 g/mol. The van der Waals surface area contributed by atoms with Crippen LogP contribution in [0.1, 0.15) is 11.1 Å². The van der Waals surface area contributed by atoms with Crippen molar-refractivity contribution in [3.8, 4) is 5.75 Å². The van der Waals surface area contributed by atoms with Crippen LogP contribution in [-0.4, -0.2) is 13.5 Å². The smallest absolute Gasteiger partial charge is 0.238 e. The molecule has 0 unspecified atom stereocenters. The Morgan fingerprint density at radius 1 is 1.15 bits per heavy atom. The second-order valence-electron chi connectivity index (χ2n) is 4.46. The van der Waals surface area contributed by atoms with Gasteiger partial charge in [0.2, 0.25) is 10.0 Å². The van der Waals surface area contributed by atoms with Crippen LogP contribution >= 0.6 is 0 Å². The maximum absolute atomic E-state index is 11.4.